The lowest BCUT2D eigenvalue weighted by molar-refractivity contribution is 0.476. The van der Waals surface area contributed by atoms with Gasteiger partial charge in [-0.1, -0.05) is 26.0 Å². The Morgan fingerprint density at radius 2 is 1.53 bits per heavy atom. The van der Waals surface area contributed by atoms with Crippen molar-refractivity contribution in [1.82, 2.24) is 4.98 Å². The molecule has 0 bridgehead atoms. The summed E-state index contributed by atoms with van der Waals surface area (Å²) in [7, 11) is 0. The number of hydrogen-bond acceptors (Lipinski definition) is 2. The molecule has 2 nitrogen and oxygen atoms in total. The van der Waals surface area contributed by atoms with E-state index in [0.29, 0.717) is 5.75 Å². The van der Waals surface area contributed by atoms with E-state index in [1.165, 1.54) is 11.1 Å². The number of benzene rings is 1. The lowest BCUT2D eigenvalue weighted by Crippen LogP contribution is -1.94. The average molecular weight is 231 g/mol. The minimum Gasteiger partial charge on any atom is -0.505 e. The van der Waals surface area contributed by atoms with Crippen LogP contribution in [0.4, 0.5) is 0 Å². The van der Waals surface area contributed by atoms with Gasteiger partial charge in [0.25, 0.3) is 0 Å². The third-order valence-electron chi connectivity index (χ3n) is 3.14. The maximum absolute atomic E-state index is 9.94. The Kier molecular flexibility index (Phi) is 4.11. The van der Waals surface area contributed by atoms with Crippen LogP contribution in [0.1, 0.15) is 36.2 Å². The molecule has 0 spiro atoms. The summed E-state index contributed by atoms with van der Waals surface area (Å²) >= 11 is 0. The molecule has 0 aliphatic rings. The van der Waals surface area contributed by atoms with Gasteiger partial charge in [-0.05, 0) is 44.4 Å². The zero-order valence-electron chi connectivity index (χ0n) is 11.5. The smallest absolute Gasteiger partial charge is 0.144 e. The number of aromatic nitrogens is 1. The molecule has 17 heavy (non-hydrogen) atoms. The van der Waals surface area contributed by atoms with Crippen molar-refractivity contribution in [2.45, 2.75) is 41.5 Å². The topological polar surface area (TPSA) is 33.1 Å². The quantitative estimate of drug-likeness (QED) is 0.737. The minimum atomic E-state index is 0.304. The molecule has 1 N–H and O–H groups in total. The van der Waals surface area contributed by atoms with Gasteiger partial charge in [-0.2, -0.15) is 0 Å². The molecule has 0 aliphatic carbocycles. The molecule has 0 saturated carbocycles. The van der Waals surface area contributed by atoms with Gasteiger partial charge < -0.3 is 5.11 Å². The minimum absolute atomic E-state index is 0.304. The summed E-state index contributed by atoms with van der Waals surface area (Å²) in [4.78, 5) is 4.45. The Balaban J connectivity index is 0.000000686. The fraction of sp³-hybridized carbons (Fsp3) is 0.400. The molecule has 0 atom stereocenters. The molecule has 0 radical (unpaired) electrons. The standard InChI is InChI=1S/C13H15NO.C2H6/c1-7-5-6-11-9(3)8(2)10(4)14-12(11)13(7)15;1-2/h5-6,15H,1-4H3;1-2H3. The molecule has 2 heteroatoms. The van der Waals surface area contributed by atoms with Crippen molar-refractivity contribution in [2.24, 2.45) is 0 Å². The second-order valence-corrected chi connectivity index (χ2v) is 4.07. The second kappa shape index (κ2) is 5.17. The maximum Gasteiger partial charge on any atom is 0.144 e. The highest BCUT2D eigenvalue weighted by molar-refractivity contribution is 5.89. The van der Waals surface area contributed by atoms with Gasteiger partial charge in [0.05, 0.1) is 0 Å². The van der Waals surface area contributed by atoms with E-state index in [2.05, 4.69) is 18.8 Å². The van der Waals surface area contributed by atoms with Crippen molar-refractivity contribution >= 4 is 10.9 Å². The number of aryl methyl sites for hydroxylation is 3. The number of pyridine rings is 1. The molecule has 0 amide bonds. The van der Waals surface area contributed by atoms with Crippen LogP contribution in [0.15, 0.2) is 12.1 Å². The molecule has 1 aromatic carbocycles. The van der Waals surface area contributed by atoms with Crippen molar-refractivity contribution in [2.75, 3.05) is 0 Å². The van der Waals surface area contributed by atoms with E-state index in [1.807, 2.05) is 39.8 Å². The predicted molar refractivity (Wildman–Crippen MR) is 73.7 cm³/mol. The number of nitrogens with zero attached hydrogens (tertiary/aromatic N) is 1. The first-order valence-electron chi connectivity index (χ1n) is 6.08. The van der Waals surface area contributed by atoms with Crippen LogP contribution >= 0.6 is 0 Å². The van der Waals surface area contributed by atoms with Gasteiger partial charge in [0, 0.05) is 11.1 Å². The molecule has 2 aromatic rings. The van der Waals surface area contributed by atoms with Gasteiger partial charge >= 0.3 is 0 Å². The summed E-state index contributed by atoms with van der Waals surface area (Å²) in [6.45, 7) is 12.0. The van der Waals surface area contributed by atoms with Crippen LogP contribution in [0, 0.1) is 27.7 Å². The number of fused-ring (bicyclic) bond motifs is 1. The van der Waals surface area contributed by atoms with Crippen LogP contribution in [0.5, 0.6) is 5.75 Å². The molecule has 92 valence electrons. The summed E-state index contributed by atoms with van der Waals surface area (Å²) < 4.78 is 0. The third kappa shape index (κ3) is 2.26. The molecule has 0 aliphatic heterocycles. The van der Waals surface area contributed by atoms with E-state index >= 15 is 0 Å². The fourth-order valence-electron chi connectivity index (χ4n) is 1.82. The molecule has 0 unspecified atom stereocenters. The fourth-order valence-corrected chi connectivity index (χ4v) is 1.82. The highest BCUT2D eigenvalue weighted by atomic mass is 16.3. The molecule has 1 heterocycles. The molecule has 1 aromatic heterocycles. The number of hydrogen-bond donors (Lipinski definition) is 1. The molecular formula is C15H21NO. The highest BCUT2D eigenvalue weighted by Crippen LogP contribution is 2.30. The van der Waals surface area contributed by atoms with Crippen LogP contribution in [0.3, 0.4) is 0 Å². The van der Waals surface area contributed by atoms with Gasteiger partial charge in [0.15, 0.2) is 0 Å². The summed E-state index contributed by atoms with van der Waals surface area (Å²) in [5.74, 6) is 0.304. The van der Waals surface area contributed by atoms with Crippen molar-refractivity contribution in [1.29, 1.82) is 0 Å². The Labute approximate surface area is 103 Å². The average Bonchev–Trinajstić information content (AvgIpc) is 2.34. The number of phenols is 1. The Bertz CT molecular complexity index is 544. The van der Waals surface area contributed by atoms with Gasteiger partial charge in [0.2, 0.25) is 0 Å². The van der Waals surface area contributed by atoms with Crippen LogP contribution in [-0.2, 0) is 0 Å². The van der Waals surface area contributed by atoms with Crippen molar-refractivity contribution in [3.05, 3.63) is 34.5 Å². The van der Waals surface area contributed by atoms with E-state index in [4.69, 9.17) is 0 Å². The van der Waals surface area contributed by atoms with E-state index in [-0.39, 0.29) is 0 Å². The zero-order valence-corrected chi connectivity index (χ0v) is 11.5. The Morgan fingerprint density at radius 1 is 0.941 bits per heavy atom. The summed E-state index contributed by atoms with van der Waals surface area (Å²) in [5.41, 5.74) is 4.98. The highest BCUT2D eigenvalue weighted by Gasteiger charge is 2.10. The molecule has 0 saturated heterocycles. The maximum atomic E-state index is 9.94. The van der Waals surface area contributed by atoms with Gasteiger partial charge in [-0.15, -0.1) is 0 Å². The largest absolute Gasteiger partial charge is 0.505 e. The van der Waals surface area contributed by atoms with Crippen molar-refractivity contribution in [3.63, 3.8) is 0 Å². The summed E-state index contributed by atoms with van der Waals surface area (Å²) in [5, 5.41) is 11.0. The first kappa shape index (κ1) is 13.5. The monoisotopic (exact) mass is 231 g/mol. The molecule has 2 rings (SSSR count). The zero-order chi connectivity index (χ0) is 13.2. The first-order chi connectivity index (χ1) is 8.02. The predicted octanol–water partition coefficient (Wildman–Crippen LogP) is 4.20. The van der Waals surface area contributed by atoms with Crippen molar-refractivity contribution < 1.29 is 5.11 Å². The summed E-state index contributed by atoms with van der Waals surface area (Å²) in [6, 6.07) is 3.96. The van der Waals surface area contributed by atoms with Gasteiger partial charge in [0.1, 0.15) is 11.3 Å². The second-order valence-electron chi connectivity index (χ2n) is 4.07. The Hall–Kier alpha value is -1.57. The van der Waals surface area contributed by atoms with Gasteiger partial charge in [-0.3, -0.25) is 0 Å². The summed E-state index contributed by atoms with van der Waals surface area (Å²) in [6.07, 6.45) is 0. The SMILES string of the molecule is CC.Cc1ccc2c(C)c(C)c(C)nc2c1O. The lowest BCUT2D eigenvalue weighted by atomic mass is 10.0. The van der Waals surface area contributed by atoms with E-state index in [0.717, 1.165) is 22.2 Å². The van der Waals surface area contributed by atoms with Crippen LogP contribution in [0.2, 0.25) is 0 Å². The van der Waals surface area contributed by atoms with Crippen LogP contribution in [-0.4, -0.2) is 10.1 Å². The van der Waals surface area contributed by atoms with Crippen molar-refractivity contribution in [3.8, 4) is 5.75 Å². The van der Waals surface area contributed by atoms with Crippen LogP contribution < -0.4 is 0 Å². The first-order valence-corrected chi connectivity index (χ1v) is 6.08. The van der Waals surface area contributed by atoms with E-state index in [1.54, 1.807) is 0 Å². The van der Waals surface area contributed by atoms with Crippen LogP contribution in [0.25, 0.3) is 10.9 Å². The normalized spacial score (nSPS) is 10.0. The molecule has 0 fully saturated rings. The number of aromatic hydroxyl groups is 1. The van der Waals surface area contributed by atoms with E-state index < -0.39 is 0 Å². The Morgan fingerprint density at radius 3 is 2.12 bits per heavy atom. The third-order valence-corrected chi connectivity index (χ3v) is 3.14. The number of rotatable bonds is 0. The number of phenolic OH excluding ortho intramolecular Hbond substituents is 1. The van der Waals surface area contributed by atoms with Gasteiger partial charge in [-0.25, -0.2) is 4.98 Å². The van der Waals surface area contributed by atoms with E-state index in [9.17, 15) is 5.11 Å². The molecular weight excluding hydrogens is 210 g/mol. The lowest BCUT2D eigenvalue weighted by Gasteiger charge is -2.10.